The molecule has 1 aromatic rings. The molecule has 0 fully saturated rings. The molecule has 0 saturated heterocycles. The highest BCUT2D eigenvalue weighted by molar-refractivity contribution is 5.41. The molecule has 1 aromatic carbocycles. The van der Waals surface area contributed by atoms with Gasteiger partial charge >= 0.3 is 0 Å². The summed E-state index contributed by atoms with van der Waals surface area (Å²) >= 11 is 0. The van der Waals surface area contributed by atoms with Crippen LogP contribution in [0.25, 0.3) is 0 Å². The van der Waals surface area contributed by atoms with Crippen LogP contribution in [0, 0.1) is 0 Å². The summed E-state index contributed by atoms with van der Waals surface area (Å²) in [6, 6.07) is 7.28. The van der Waals surface area contributed by atoms with Crippen LogP contribution in [0.2, 0.25) is 0 Å². The van der Waals surface area contributed by atoms with Gasteiger partial charge in [0.25, 0.3) is 0 Å². The zero-order chi connectivity index (χ0) is 9.90. The normalized spacial score (nSPS) is 17.4. The summed E-state index contributed by atoms with van der Waals surface area (Å²) in [5.41, 5.74) is 0. The zero-order valence-electron chi connectivity index (χ0n) is 8.63. The van der Waals surface area contributed by atoms with Crippen LogP contribution in [-0.4, -0.2) is 6.27 Å². The number of rotatable bonds is 0. The molecule has 2 rings (SSSR count). The van der Waals surface area contributed by atoms with Crippen LogP contribution in [0.3, 0.4) is 0 Å². The van der Waals surface area contributed by atoms with Crippen molar-refractivity contribution in [2.24, 2.45) is 0 Å². The summed E-state index contributed by atoms with van der Waals surface area (Å²) in [4.78, 5) is 0. The molecule has 2 heteroatoms. The van der Waals surface area contributed by atoms with E-state index in [0.29, 0.717) is 11.5 Å². The van der Waals surface area contributed by atoms with Crippen molar-refractivity contribution in [1.29, 1.82) is 0 Å². The summed E-state index contributed by atoms with van der Waals surface area (Å²) in [6.07, 6.45) is -1.25. The van der Waals surface area contributed by atoms with Crippen molar-refractivity contribution in [2.75, 3.05) is 0 Å². The number of hydrogen-bond donors (Lipinski definition) is 0. The quantitative estimate of drug-likeness (QED) is 0.591. The molecule has 0 aromatic heterocycles. The lowest BCUT2D eigenvalue weighted by Gasteiger charge is -1.99. The summed E-state index contributed by atoms with van der Waals surface area (Å²) in [6.45, 7) is 5.56. The van der Waals surface area contributed by atoms with Gasteiger partial charge in [0.05, 0.1) is 0 Å². The fourth-order valence-electron chi connectivity index (χ4n) is 0.949. The third-order valence-electron chi connectivity index (χ3n) is 1.36. The second-order valence-electron chi connectivity index (χ2n) is 2.14. The fraction of sp³-hybridized carbons (Fsp3) is 0.400. The number of benzene rings is 1. The molecule has 12 heavy (non-hydrogen) atoms. The standard InChI is InChI=1S/C8H8O2.C2H6/c1-6-9-7-4-2-3-5-8(7)10-6;1-2/h2-6H,1H3;1-2H3/i6D;. The van der Waals surface area contributed by atoms with Gasteiger partial charge in [-0.15, -0.1) is 0 Å². The highest BCUT2D eigenvalue weighted by Gasteiger charge is 2.17. The molecular formula is C10H14O2. The fourth-order valence-corrected chi connectivity index (χ4v) is 0.949. The van der Waals surface area contributed by atoms with Crippen LogP contribution in [-0.2, 0) is 0 Å². The van der Waals surface area contributed by atoms with Crippen LogP contribution < -0.4 is 9.47 Å². The molecule has 1 aliphatic rings. The first kappa shape index (κ1) is 7.47. The van der Waals surface area contributed by atoms with Gasteiger partial charge in [0, 0.05) is 6.92 Å². The van der Waals surface area contributed by atoms with E-state index in [9.17, 15) is 0 Å². The molecule has 0 spiro atoms. The Hall–Kier alpha value is -1.18. The second kappa shape index (κ2) is 4.00. The molecule has 0 saturated carbocycles. The number of fused-ring (bicyclic) bond motifs is 1. The molecule has 0 unspecified atom stereocenters. The lowest BCUT2D eigenvalue weighted by Crippen LogP contribution is -2.11. The number of ether oxygens (including phenoxy) is 2. The molecule has 1 heterocycles. The van der Waals surface area contributed by atoms with E-state index in [0.717, 1.165) is 0 Å². The van der Waals surface area contributed by atoms with Gasteiger partial charge in [-0.1, -0.05) is 26.0 Å². The highest BCUT2D eigenvalue weighted by Crippen LogP contribution is 2.33. The Balaban J connectivity index is 0.000000396. The Morgan fingerprint density at radius 1 is 1.17 bits per heavy atom. The summed E-state index contributed by atoms with van der Waals surface area (Å²) in [7, 11) is 0. The van der Waals surface area contributed by atoms with Crippen LogP contribution in [0.15, 0.2) is 24.3 Å². The van der Waals surface area contributed by atoms with Gasteiger partial charge in [0.2, 0.25) is 6.27 Å². The summed E-state index contributed by atoms with van der Waals surface area (Å²) in [5.74, 6) is 1.29. The van der Waals surface area contributed by atoms with Gasteiger partial charge in [0.15, 0.2) is 11.5 Å². The minimum atomic E-state index is -1.25. The first-order valence-corrected chi connectivity index (χ1v) is 4.14. The van der Waals surface area contributed by atoms with E-state index in [-0.39, 0.29) is 0 Å². The van der Waals surface area contributed by atoms with E-state index in [4.69, 9.17) is 10.8 Å². The van der Waals surface area contributed by atoms with Crippen molar-refractivity contribution >= 4 is 0 Å². The van der Waals surface area contributed by atoms with Crippen LogP contribution in [0.4, 0.5) is 0 Å². The van der Waals surface area contributed by atoms with E-state index >= 15 is 0 Å². The molecule has 0 radical (unpaired) electrons. The molecule has 0 atom stereocenters. The summed E-state index contributed by atoms with van der Waals surface area (Å²) < 4.78 is 17.7. The van der Waals surface area contributed by atoms with Crippen molar-refractivity contribution in [3.63, 3.8) is 0 Å². The SMILES string of the molecule is CC.[2H]C1(C)Oc2ccccc2O1. The van der Waals surface area contributed by atoms with Gasteiger partial charge in [-0.05, 0) is 12.1 Å². The average Bonchev–Trinajstić information content (AvgIpc) is 2.41. The van der Waals surface area contributed by atoms with Gasteiger partial charge < -0.3 is 9.47 Å². The van der Waals surface area contributed by atoms with Crippen LogP contribution >= 0.6 is 0 Å². The molecule has 66 valence electrons. The van der Waals surface area contributed by atoms with E-state index in [1.54, 1.807) is 19.1 Å². The minimum absolute atomic E-state index is 0.644. The highest BCUT2D eigenvalue weighted by atomic mass is 16.7. The lowest BCUT2D eigenvalue weighted by atomic mass is 10.3. The Kier molecular flexibility index (Phi) is 2.49. The van der Waals surface area contributed by atoms with Gasteiger partial charge in [0.1, 0.15) is 1.37 Å². The Morgan fingerprint density at radius 2 is 1.58 bits per heavy atom. The maximum absolute atomic E-state index is 7.43. The number of hydrogen-bond acceptors (Lipinski definition) is 2. The third-order valence-corrected chi connectivity index (χ3v) is 1.36. The maximum Gasteiger partial charge on any atom is 0.238 e. The lowest BCUT2D eigenvalue weighted by molar-refractivity contribution is 0.0678. The molecule has 0 N–H and O–H groups in total. The predicted octanol–water partition coefficient (Wildman–Crippen LogP) is 2.83. The van der Waals surface area contributed by atoms with Crippen LogP contribution in [0.1, 0.15) is 22.1 Å². The largest absolute Gasteiger partial charge is 0.451 e. The summed E-state index contributed by atoms with van der Waals surface area (Å²) in [5, 5.41) is 0. The van der Waals surface area contributed by atoms with Crippen molar-refractivity contribution in [3.05, 3.63) is 24.3 Å². The van der Waals surface area contributed by atoms with Gasteiger partial charge in [-0.25, -0.2) is 0 Å². The second-order valence-corrected chi connectivity index (χ2v) is 2.14. The molecule has 2 nitrogen and oxygen atoms in total. The topological polar surface area (TPSA) is 18.5 Å². The monoisotopic (exact) mass is 167 g/mol. The van der Waals surface area contributed by atoms with Crippen molar-refractivity contribution in [3.8, 4) is 11.5 Å². The predicted molar refractivity (Wildman–Crippen MR) is 48.5 cm³/mol. The molecule has 1 aliphatic heterocycles. The average molecular weight is 167 g/mol. The van der Waals surface area contributed by atoms with Crippen LogP contribution in [0.5, 0.6) is 11.5 Å². The Bertz CT molecular complexity index is 257. The molecule has 0 aliphatic carbocycles. The van der Waals surface area contributed by atoms with E-state index in [1.165, 1.54) is 0 Å². The van der Waals surface area contributed by atoms with E-state index < -0.39 is 6.27 Å². The molecular weight excluding hydrogens is 152 g/mol. The third kappa shape index (κ3) is 1.70. The van der Waals surface area contributed by atoms with Gasteiger partial charge in [-0.2, -0.15) is 0 Å². The molecule has 0 amide bonds. The molecule has 0 bridgehead atoms. The van der Waals surface area contributed by atoms with Crippen molar-refractivity contribution in [2.45, 2.75) is 27.0 Å². The van der Waals surface area contributed by atoms with Crippen molar-refractivity contribution in [1.82, 2.24) is 0 Å². The van der Waals surface area contributed by atoms with Crippen molar-refractivity contribution < 1.29 is 10.8 Å². The zero-order valence-corrected chi connectivity index (χ0v) is 7.63. The van der Waals surface area contributed by atoms with Gasteiger partial charge in [-0.3, -0.25) is 0 Å². The first-order valence-electron chi connectivity index (χ1n) is 4.64. The Labute approximate surface area is 74.5 Å². The maximum atomic E-state index is 7.43. The van der Waals surface area contributed by atoms with E-state index in [1.807, 2.05) is 26.0 Å². The minimum Gasteiger partial charge on any atom is -0.451 e. The van der Waals surface area contributed by atoms with E-state index in [2.05, 4.69) is 0 Å². The number of para-hydroxylation sites is 2. The Morgan fingerprint density at radius 3 is 2.00 bits per heavy atom. The first-order chi connectivity index (χ1) is 6.17. The smallest absolute Gasteiger partial charge is 0.238 e.